The molecule has 3 N–H and O–H groups in total. The van der Waals surface area contributed by atoms with Crippen molar-refractivity contribution in [2.75, 3.05) is 37.9 Å². The zero-order chi connectivity index (χ0) is 14.4. The van der Waals surface area contributed by atoms with E-state index in [9.17, 15) is 4.79 Å². The van der Waals surface area contributed by atoms with E-state index in [4.69, 9.17) is 15.3 Å². The SMILES string of the molecule is COc1cc(N)ccc1NC(=O)CCCN1CCCO1. The van der Waals surface area contributed by atoms with Crippen LogP contribution < -0.4 is 15.8 Å². The summed E-state index contributed by atoms with van der Waals surface area (Å²) in [6.07, 6.45) is 2.28. The molecule has 0 atom stereocenters. The summed E-state index contributed by atoms with van der Waals surface area (Å²) in [7, 11) is 1.55. The molecule has 1 fully saturated rings. The Labute approximate surface area is 118 Å². The predicted octanol–water partition coefficient (Wildman–Crippen LogP) is 1.63. The number of hydrogen-bond acceptors (Lipinski definition) is 5. The number of ether oxygens (including phenoxy) is 1. The number of methoxy groups -OCH3 is 1. The molecule has 1 heterocycles. The lowest BCUT2D eigenvalue weighted by Gasteiger charge is -2.13. The number of nitrogen functional groups attached to an aromatic ring is 1. The highest BCUT2D eigenvalue weighted by Gasteiger charge is 2.13. The fraction of sp³-hybridized carbons (Fsp3) is 0.500. The minimum Gasteiger partial charge on any atom is -0.494 e. The Morgan fingerprint density at radius 3 is 3.10 bits per heavy atom. The van der Waals surface area contributed by atoms with Gasteiger partial charge in [0.2, 0.25) is 5.91 Å². The number of amides is 1. The van der Waals surface area contributed by atoms with E-state index in [1.807, 2.05) is 5.06 Å². The summed E-state index contributed by atoms with van der Waals surface area (Å²) < 4.78 is 5.19. The molecule has 0 aromatic heterocycles. The van der Waals surface area contributed by atoms with Gasteiger partial charge in [-0.05, 0) is 25.0 Å². The molecule has 0 aliphatic carbocycles. The van der Waals surface area contributed by atoms with Crippen LogP contribution in [0.4, 0.5) is 11.4 Å². The zero-order valence-electron chi connectivity index (χ0n) is 11.7. The lowest BCUT2D eigenvalue weighted by Crippen LogP contribution is -2.21. The molecule has 0 bridgehead atoms. The van der Waals surface area contributed by atoms with Gasteiger partial charge in [-0.2, -0.15) is 5.06 Å². The van der Waals surface area contributed by atoms with Crippen LogP contribution in [0.5, 0.6) is 5.75 Å². The van der Waals surface area contributed by atoms with Crippen molar-refractivity contribution in [3.05, 3.63) is 18.2 Å². The topological polar surface area (TPSA) is 76.8 Å². The van der Waals surface area contributed by atoms with Gasteiger partial charge in [-0.1, -0.05) is 0 Å². The number of nitrogens with two attached hydrogens (primary N) is 1. The maximum atomic E-state index is 11.9. The first-order chi connectivity index (χ1) is 9.69. The molecule has 1 saturated heterocycles. The number of carbonyl (C=O) groups is 1. The second kappa shape index (κ2) is 7.12. The molecular formula is C14H21N3O3. The van der Waals surface area contributed by atoms with Crippen molar-refractivity contribution in [2.24, 2.45) is 0 Å². The molecule has 1 aliphatic heterocycles. The number of anilines is 2. The standard InChI is InChI=1S/C14H21N3O3/c1-19-13-10-11(15)5-6-12(13)16-14(18)4-2-7-17-8-3-9-20-17/h5-6,10H,2-4,7-9,15H2,1H3,(H,16,18). The van der Waals surface area contributed by atoms with Crippen LogP contribution in [-0.2, 0) is 9.63 Å². The van der Waals surface area contributed by atoms with Gasteiger partial charge in [0.25, 0.3) is 0 Å². The lowest BCUT2D eigenvalue weighted by molar-refractivity contribution is -0.120. The first-order valence-corrected chi connectivity index (χ1v) is 6.80. The van der Waals surface area contributed by atoms with E-state index >= 15 is 0 Å². The van der Waals surface area contributed by atoms with Gasteiger partial charge in [0, 0.05) is 31.3 Å². The van der Waals surface area contributed by atoms with Crippen molar-refractivity contribution < 1.29 is 14.4 Å². The molecule has 1 amide bonds. The Bertz CT molecular complexity index is 459. The summed E-state index contributed by atoms with van der Waals surface area (Å²) in [5, 5.41) is 4.75. The molecule has 0 saturated carbocycles. The van der Waals surface area contributed by atoms with Gasteiger partial charge in [-0.3, -0.25) is 9.63 Å². The Hall–Kier alpha value is -1.79. The van der Waals surface area contributed by atoms with Crippen molar-refractivity contribution in [3.63, 3.8) is 0 Å². The zero-order valence-corrected chi connectivity index (χ0v) is 11.7. The maximum Gasteiger partial charge on any atom is 0.224 e. The summed E-state index contributed by atoms with van der Waals surface area (Å²) in [6, 6.07) is 5.17. The maximum absolute atomic E-state index is 11.9. The molecule has 1 aliphatic rings. The van der Waals surface area contributed by atoms with Crippen molar-refractivity contribution in [3.8, 4) is 5.75 Å². The summed E-state index contributed by atoms with van der Waals surface area (Å²) in [5.74, 6) is 0.536. The van der Waals surface area contributed by atoms with Gasteiger partial charge in [-0.15, -0.1) is 0 Å². The number of nitrogens with one attached hydrogen (secondary N) is 1. The van der Waals surface area contributed by atoms with Crippen LogP contribution >= 0.6 is 0 Å². The Morgan fingerprint density at radius 2 is 2.40 bits per heavy atom. The highest BCUT2D eigenvalue weighted by molar-refractivity contribution is 5.92. The first kappa shape index (κ1) is 14.6. The normalized spacial score (nSPS) is 15.2. The van der Waals surface area contributed by atoms with Crippen molar-refractivity contribution >= 4 is 17.3 Å². The third-order valence-corrected chi connectivity index (χ3v) is 3.14. The molecule has 6 heteroatoms. The molecule has 1 aromatic carbocycles. The van der Waals surface area contributed by atoms with E-state index in [-0.39, 0.29) is 5.91 Å². The van der Waals surface area contributed by atoms with Crippen LogP contribution in [0.2, 0.25) is 0 Å². The van der Waals surface area contributed by atoms with Gasteiger partial charge in [-0.25, -0.2) is 0 Å². The number of rotatable bonds is 6. The second-order valence-corrected chi connectivity index (χ2v) is 4.73. The van der Waals surface area contributed by atoms with Crippen molar-refractivity contribution in [1.82, 2.24) is 5.06 Å². The minimum atomic E-state index is -0.0349. The molecule has 0 spiro atoms. The summed E-state index contributed by atoms with van der Waals surface area (Å²) in [6.45, 7) is 2.52. The van der Waals surface area contributed by atoms with Crippen molar-refractivity contribution in [2.45, 2.75) is 19.3 Å². The molecule has 0 radical (unpaired) electrons. The molecule has 2 rings (SSSR count). The first-order valence-electron chi connectivity index (χ1n) is 6.80. The molecule has 20 heavy (non-hydrogen) atoms. The summed E-state index contributed by atoms with van der Waals surface area (Å²) in [5.41, 5.74) is 6.92. The Kier molecular flexibility index (Phi) is 5.20. The quantitative estimate of drug-likeness (QED) is 0.774. The van der Waals surface area contributed by atoms with E-state index in [0.29, 0.717) is 23.5 Å². The van der Waals surface area contributed by atoms with Gasteiger partial charge in [0.05, 0.1) is 19.4 Å². The van der Waals surface area contributed by atoms with E-state index in [0.717, 1.165) is 32.5 Å². The van der Waals surface area contributed by atoms with E-state index in [2.05, 4.69) is 5.32 Å². The minimum absolute atomic E-state index is 0.0349. The fourth-order valence-electron chi connectivity index (χ4n) is 2.12. The van der Waals surface area contributed by atoms with Crippen LogP contribution in [-0.4, -0.2) is 37.8 Å². The van der Waals surface area contributed by atoms with E-state index in [1.54, 1.807) is 25.3 Å². The Balaban J connectivity index is 1.78. The average Bonchev–Trinajstić information content (AvgIpc) is 2.94. The van der Waals surface area contributed by atoms with Crippen molar-refractivity contribution in [1.29, 1.82) is 0 Å². The molecule has 1 aromatic rings. The highest BCUT2D eigenvalue weighted by Crippen LogP contribution is 2.26. The smallest absolute Gasteiger partial charge is 0.224 e. The van der Waals surface area contributed by atoms with E-state index < -0.39 is 0 Å². The van der Waals surface area contributed by atoms with E-state index in [1.165, 1.54) is 0 Å². The number of hydrogen-bond donors (Lipinski definition) is 2. The summed E-state index contributed by atoms with van der Waals surface area (Å²) >= 11 is 0. The largest absolute Gasteiger partial charge is 0.494 e. The van der Waals surface area contributed by atoms with Gasteiger partial charge in [0.15, 0.2) is 0 Å². The number of nitrogens with zero attached hydrogens (tertiary/aromatic N) is 1. The number of hydroxylamine groups is 2. The molecule has 110 valence electrons. The highest BCUT2D eigenvalue weighted by atomic mass is 16.7. The Morgan fingerprint density at radius 1 is 1.55 bits per heavy atom. The van der Waals surface area contributed by atoms with Gasteiger partial charge < -0.3 is 15.8 Å². The number of benzene rings is 1. The monoisotopic (exact) mass is 279 g/mol. The summed E-state index contributed by atoms with van der Waals surface area (Å²) in [4.78, 5) is 17.3. The fourth-order valence-corrected chi connectivity index (χ4v) is 2.12. The van der Waals surface area contributed by atoms with Crippen LogP contribution in [0, 0.1) is 0 Å². The van der Waals surface area contributed by atoms with Gasteiger partial charge >= 0.3 is 0 Å². The van der Waals surface area contributed by atoms with Crippen LogP contribution in [0.3, 0.4) is 0 Å². The van der Waals surface area contributed by atoms with Crippen LogP contribution in [0.1, 0.15) is 19.3 Å². The lowest BCUT2D eigenvalue weighted by atomic mass is 10.2. The molecule has 0 unspecified atom stereocenters. The second-order valence-electron chi connectivity index (χ2n) is 4.73. The van der Waals surface area contributed by atoms with Crippen LogP contribution in [0.25, 0.3) is 0 Å². The predicted molar refractivity (Wildman–Crippen MR) is 77.4 cm³/mol. The third kappa shape index (κ3) is 4.11. The number of carbonyl (C=O) groups excluding carboxylic acids is 1. The van der Waals surface area contributed by atoms with Gasteiger partial charge in [0.1, 0.15) is 5.75 Å². The molecule has 6 nitrogen and oxygen atoms in total. The van der Waals surface area contributed by atoms with Crippen LogP contribution in [0.15, 0.2) is 18.2 Å². The molecular weight excluding hydrogens is 258 g/mol. The average molecular weight is 279 g/mol. The third-order valence-electron chi connectivity index (χ3n) is 3.14.